The minimum atomic E-state index is -0.517. The highest BCUT2D eigenvalue weighted by molar-refractivity contribution is 6.14. The number of ketones is 2. The second kappa shape index (κ2) is 10.8. The van der Waals surface area contributed by atoms with Gasteiger partial charge in [-0.1, -0.05) is 0 Å². The van der Waals surface area contributed by atoms with Crippen LogP contribution in [0.1, 0.15) is 21.5 Å². The molecule has 1 saturated heterocycles. The van der Waals surface area contributed by atoms with Gasteiger partial charge in [-0.3, -0.25) is 34.7 Å². The number of likely N-dealkylation sites (tertiary alicyclic amines) is 1. The number of nitro benzene ring substituents is 2. The Labute approximate surface area is 210 Å². The van der Waals surface area contributed by atoms with Gasteiger partial charge < -0.3 is 0 Å². The molecule has 0 aliphatic carbocycles. The van der Waals surface area contributed by atoms with Gasteiger partial charge in [-0.2, -0.15) is 0 Å². The third-order valence-electron chi connectivity index (χ3n) is 5.79. The summed E-state index contributed by atoms with van der Waals surface area (Å²) in [5.74, 6) is -0.970. The Balaban J connectivity index is 1.65. The van der Waals surface area contributed by atoms with E-state index >= 15 is 0 Å². The van der Waals surface area contributed by atoms with E-state index in [2.05, 4.69) is 0 Å². The van der Waals surface area contributed by atoms with Gasteiger partial charge in [-0.25, -0.2) is 4.39 Å². The van der Waals surface area contributed by atoms with E-state index in [0.29, 0.717) is 27.8 Å². The zero-order valence-corrected chi connectivity index (χ0v) is 19.4. The molecular formula is C27H20FN3O6. The smallest absolute Gasteiger partial charge is 0.269 e. The van der Waals surface area contributed by atoms with E-state index in [4.69, 9.17) is 0 Å². The molecule has 1 fully saturated rings. The van der Waals surface area contributed by atoms with Crippen molar-refractivity contribution in [1.29, 1.82) is 0 Å². The Kier molecular flexibility index (Phi) is 7.40. The Bertz CT molecular complexity index is 1350. The quantitative estimate of drug-likeness (QED) is 0.196. The number of carbonyl (C=O) groups is 2. The molecule has 0 radical (unpaired) electrons. The van der Waals surface area contributed by atoms with E-state index < -0.39 is 15.7 Å². The van der Waals surface area contributed by atoms with Gasteiger partial charge in [-0.15, -0.1) is 0 Å². The Morgan fingerprint density at radius 1 is 0.784 bits per heavy atom. The number of hydrogen-bond donors (Lipinski definition) is 0. The van der Waals surface area contributed by atoms with Crippen LogP contribution in [-0.4, -0.2) is 45.9 Å². The van der Waals surface area contributed by atoms with Crippen LogP contribution in [0.5, 0.6) is 0 Å². The lowest BCUT2D eigenvalue weighted by Gasteiger charge is -2.29. The van der Waals surface area contributed by atoms with Crippen molar-refractivity contribution in [1.82, 2.24) is 4.90 Å². The van der Waals surface area contributed by atoms with Crippen molar-refractivity contribution in [2.45, 2.75) is 0 Å². The Hall–Kier alpha value is -4.83. The number of carbonyl (C=O) groups excluding carboxylic acids is 2. The van der Waals surface area contributed by atoms with Gasteiger partial charge in [0.25, 0.3) is 11.4 Å². The van der Waals surface area contributed by atoms with Crippen molar-refractivity contribution >= 4 is 35.1 Å². The number of rotatable bonds is 7. The van der Waals surface area contributed by atoms with E-state index in [1.54, 1.807) is 17.1 Å². The number of piperidine rings is 1. The standard InChI is InChI=1S/C27H20FN3O6/c28-23-7-5-20(6-8-23)26(32)17-29-15-21(13-18-1-9-24(10-2-18)30(34)35)27(33)22(16-29)14-19-3-11-25(12-4-19)31(36)37/h1-14H,15-17H2. The van der Waals surface area contributed by atoms with Crippen molar-refractivity contribution in [2.24, 2.45) is 0 Å². The summed E-state index contributed by atoms with van der Waals surface area (Å²) in [5, 5.41) is 21.9. The third-order valence-corrected chi connectivity index (χ3v) is 5.79. The Morgan fingerprint density at radius 3 is 1.62 bits per heavy atom. The van der Waals surface area contributed by atoms with Gasteiger partial charge in [-0.05, 0) is 71.8 Å². The number of benzene rings is 3. The number of hydrogen-bond acceptors (Lipinski definition) is 7. The van der Waals surface area contributed by atoms with Gasteiger partial charge in [0.05, 0.1) is 16.4 Å². The van der Waals surface area contributed by atoms with Crippen LogP contribution in [0.15, 0.2) is 83.9 Å². The van der Waals surface area contributed by atoms with Gasteiger partial charge >= 0.3 is 0 Å². The highest BCUT2D eigenvalue weighted by Gasteiger charge is 2.27. The fraction of sp³-hybridized carbons (Fsp3) is 0.111. The van der Waals surface area contributed by atoms with Crippen molar-refractivity contribution in [2.75, 3.05) is 19.6 Å². The van der Waals surface area contributed by atoms with E-state index in [-0.39, 0.29) is 42.6 Å². The number of non-ortho nitro benzene ring substituents is 2. The van der Waals surface area contributed by atoms with Crippen molar-refractivity contribution in [3.05, 3.63) is 127 Å². The molecular weight excluding hydrogens is 481 g/mol. The molecule has 0 bridgehead atoms. The van der Waals surface area contributed by atoms with E-state index in [1.165, 1.54) is 72.8 Å². The lowest BCUT2D eigenvalue weighted by Crippen LogP contribution is -2.40. The number of nitro groups is 2. The van der Waals surface area contributed by atoms with E-state index in [9.17, 15) is 34.2 Å². The molecule has 1 aliphatic rings. The topological polar surface area (TPSA) is 124 Å². The fourth-order valence-electron chi connectivity index (χ4n) is 3.94. The maximum absolute atomic E-state index is 13.3. The van der Waals surface area contributed by atoms with Gasteiger partial charge in [0, 0.05) is 54.1 Å². The minimum Gasteiger partial charge on any atom is -0.293 e. The second-order valence-electron chi connectivity index (χ2n) is 8.44. The maximum atomic E-state index is 13.3. The summed E-state index contributed by atoms with van der Waals surface area (Å²) < 4.78 is 13.3. The molecule has 0 unspecified atom stereocenters. The summed E-state index contributed by atoms with van der Waals surface area (Å²) >= 11 is 0. The largest absolute Gasteiger partial charge is 0.293 e. The molecule has 9 nitrogen and oxygen atoms in total. The van der Waals surface area contributed by atoms with Crippen LogP contribution in [0.2, 0.25) is 0 Å². The van der Waals surface area contributed by atoms with Crippen molar-refractivity contribution in [3.8, 4) is 0 Å². The molecule has 37 heavy (non-hydrogen) atoms. The minimum absolute atomic E-state index is 0.0336. The number of halogens is 1. The summed E-state index contributed by atoms with van der Waals surface area (Å²) in [6.07, 6.45) is 3.23. The van der Waals surface area contributed by atoms with E-state index in [0.717, 1.165) is 0 Å². The second-order valence-corrected chi connectivity index (χ2v) is 8.44. The van der Waals surface area contributed by atoms with Crippen LogP contribution < -0.4 is 0 Å². The number of Topliss-reactive ketones (excluding diaryl/α,β-unsaturated/α-hetero) is 2. The maximum Gasteiger partial charge on any atom is 0.269 e. The van der Waals surface area contributed by atoms with Crippen LogP contribution in [0.4, 0.5) is 15.8 Å². The predicted octanol–water partition coefficient (Wildman–Crippen LogP) is 4.88. The SMILES string of the molecule is O=C1C(=Cc2ccc([N+](=O)[O-])cc2)CN(CC(=O)c2ccc(F)cc2)CC1=Cc1ccc([N+](=O)[O-])cc1. The number of nitrogens with zero attached hydrogens (tertiary/aromatic N) is 3. The lowest BCUT2D eigenvalue weighted by atomic mass is 9.93. The zero-order valence-electron chi connectivity index (χ0n) is 19.4. The molecule has 10 heteroatoms. The first-order valence-corrected chi connectivity index (χ1v) is 11.2. The zero-order chi connectivity index (χ0) is 26.5. The molecule has 1 aliphatic heterocycles. The van der Waals surface area contributed by atoms with Crippen LogP contribution >= 0.6 is 0 Å². The molecule has 1 heterocycles. The van der Waals surface area contributed by atoms with Gasteiger partial charge in [0.2, 0.25) is 0 Å². The summed E-state index contributed by atoms with van der Waals surface area (Å²) in [5.41, 5.74) is 2.08. The average molecular weight is 501 g/mol. The molecule has 0 saturated carbocycles. The fourth-order valence-corrected chi connectivity index (χ4v) is 3.94. The molecule has 0 atom stereocenters. The molecule has 0 spiro atoms. The molecule has 0 aromatic heterocycles. The third kappa shape index (κ3) is 6.24. The van der Waals surface area contributed by atoms with Crippen LogP contribution in [-0.2, 0) is 4.79 Å². The normalized spacial score (nSPS) is 16.2. The first kappa shape index (κ1) is 25.3. The summed E-state index contributed by atoms with van der Waals surface area (Å²) in [6.45, 7) is 0.273. The lowest BCUT2D eigenvalue weighted by molar-refractivity contribution is -0.385. The van der Waals surface area contributed by atoms with Gasteiger partial charge in [0.15, 0.2) is 11.6 Å². The van der Waals surface area contributed by atoms with Crippen LogP contribution in [0.25, 0.3) is 12.2 Å². The molecule has 3 aromatic rings. The highest BCUT2D eigenvalue weighted by Crippen LogP contribution is 2.24. The first-order chi connectivity index (χ1) is 17.7. The molecule has 4 rings (SSSR count). The molecule has 3 aromatic carbocycles. The van der Waals surface area contributed by atoms with Crippen molar-refractivity contribution in [3.63, 3.8) is 0 Å². The van der Waals surface area contributed by atoms with Crippen LogP contribution in [0, 0.1) is 26.0 Å². The summed E-state index contributed by atoms with van der Waals surface area (Å²) in [7, 11) is 0. The average Bonchev–Trinajstić information content (AvgIpc) is 2.87. The monoisotopic (exact) mass is 501 g/mol. The van der Waals surface area contributed by atoms with E-state index in [1.807, 2.05) is 0 Å². The summed E-state index contributed by atoms with van der Waals surface area (Å²) in [6, 6.07) is 16.7. The Morgan fingerprint density at radius 2 is 1.22 bits per heavy atom. The molecule has 186 valence electrons. The predicted molar refractivity (Wildman–Crippen MR) is 134 cm³/mol. The molecule has 0 amide bonds. The molecule has 0 N–H and O–H groups in total. The first-order valence-electron chi connectivity index (χ1n) is 11.2. The van der Waals surface area contributed by atoms with Crippen LogP contribution in [0.3, 0.4) is 0 Å². The summed E-state index contributed by atoms with van der Waals surface area (Å²) in [4.78, 5) is 48.8. The highest BCUT2D eigenvalue weighted by atomic mass is 19.1. The van der Waals surface area contributed by atoms with Gasteiger partial charge in [0.1, 0.15) is 5.82 Å². The van der Waals surface area contributed by atoms with Crippen molar-refractivity contribution < 1.29 is 23.8 Å².